The number of aromatic nitrogens is 2. The van der Waals surface area contributed by atoms with Gasteiger partial charge in [0, 0.05) is 16.5 Å². The molecule has 2 aromatic carbocycles. The molecule has 0 saturated carbocycles. The average molecular weight is 363 g/mol. The maximum Gasteiger partial charge on any atom is 0.251 e. The number of furan rings is 1. The number of H-pyrrole nitrogens is 1. The number of rotatable bonds is 4. The van der Waals surface area contributed by atoms with Gasteiger partial charge in [-0.05, 0) is 55.8 Å². The maximum atomic E-state index is 13.6. The minimum Gasteiger partial charge on any atom is -0.465 e. The van der Waals surface area contributed by atoms with Crippen LogP contribution in [0.2, 0.25) is 0 Å². The molecule has 0 aliphatic heterocycles. The highest BCUT2D eigenvalue weighted by Gasteiger charge is 2.15. The van der Waals surface area contributed by atoms with Crippen molar-refractivity contribution < 1.29 is 13.6 Å². The zero-order valence-corrected chi connectivity index (χ0v) is 15.0. The molecule has 2 heterocycles. The summed E-state index contributed by atoms with van der Waals surface area (Å²) >= 11 is 0. The Kier molecular flexibility index (Phi) is 4.24. The van der Waals surface area contributed by atoms with Gasteiger partial charge in [0.25, 0.3) is 5.91 Å². The number of fused-ring (bicyclic) bond motifs is 1. The number of aryl methyl sites for hydroxylation is 2. The zero-order valence-electron chi connectivity index (χ0n) is 15.0. The Balaban J connectivity index is 1.67. The van der Waals surface area contributed by atoms with Gasteiger partial charge in [0.2, 0.25) is 0 Å². The van der Waals surface area contributed by atoms with Gasteiger partial charge in [-0.3, -0.25) is 9.89 Å². The minimum atomic E-state index is -0.331. The van der Waals surface area contributed by atoms with Gasteiger partial charge in [-0.25, -0.2) is 4.39 Å². The number of carbonyl (C=O) groups is 1. The van der Waals surface area contributed by atoms with Crippen LogP contribution in [0, 0.1) is 19.7 Å². The molecular weight excluding hydrogens is 345 g/mol. The van der Waals surface area contributed by atoms with Crippen LogP contribution in [-0.2, 0) is 6.54 Å². The number of hydrogen-bond donors (Lipinski definition) is 2. The summed E-state index contributed by atoms with van der Waals surface area (Å²) in [5, 5.41) is 10.9. The number of nitrogens with one attached hydrogen (secondary N) is 2. The molecule has 4 rings (SSSR count). The lowest BCUT2D eigenvalue weighted by Crippen LogP contribution is -2.22. The van der Waals surface area contributed by atoms with Gasteiger partial charge < -0.3 is 9.73 Å². The second-order valence-corrected chi connectivity index (χ2v) is 6.49. The lowest BCUT2D eigenvalue weighted by Gasteiger charge is -2.06. The molecule has 0 aliphatic rings. The summed E-state index contributed by atoms with van der Waals surface area (Å²) < 4.78 is 19.1. The average Bonchev–Trinajstić information content (AvgIpc) is 3.26. The van der Waals surface area contributed by atoms with Crippen molar-refractivity contribution in [2.45, 2.75) is 20.4 Å². The van der Waals surface area contributed by atoms with E-state index in [0.29, 0.717) is 29.1 Å². The molecule has 0 saturated heterocycles. The van der Waals surface area contributed by atoms with E-state index in [0.717, 1.165) is 22.2 Å². The molecule has 0 fully saturated rings. The van der Waals surface area contributed by atoms with Crippen molar-refractivity contribution in [1.82, 2.24) is 15.5 Å². The predicted molar refractivity (Wildman–Crippen MR) is 101 cm³/mol. The van der Waals surface area contributed by atoms with Gasteiger partial charge in [0.15, 0.2) is 0 Å². The third kappa shape index (κ3) is 3.33. The fourth-order valence-electron chi connectivity index (χ4n) is 3.13. The molecule has 0 bridgehead atoms. The fraction of sp³-hybridized carbons (Fsp3) is 0.143. The highest BCUT2D eigenvalue weighted by atomic mass is 19.1. The normalized spacial score (nSPS) is 11.1. The van der Waals surface area contributed by atoms with Crippen LogP contribution in [0.25, 0.3) is 22.2 Å². The van der Waals surface area contributed by atoms with Gasteiger partial charge in [-0.1, -0.05) is 12.1 Å². The summed E-state index contributed by atoms with van der Waals surface area (Å²) in [6.45, 7) is 4.07. The highest BCUT2D eigenvalue weighted by Crippen LogP contribution is 2.29. The maximum absolute atomic E-state index is 13.6. The smallest absolute Gasteiger partial charge is 0.251 e. The molecule has 0 spiro atoms. The molecule has 4 aromatic rings. The van der Waals surface area contributed by atoms with Crippen LogP contribution in [0.5, 0.6) is 0 Å². The van der Waals surface area contributed by atoms with E-state index < -0.39 is 0 Å². The van der Waals surface area contributed by atoms with Crippen LogP contribution in [0.15, 0.2) is 52.9 Å². The Bertz CT molecular complexity index is 1140. The first-order valence-electron chi connectivity index (χ1n) is 8.59. The van der Waals surface area contributed by atoms with Gasteiger partial charge in [0.1, 0.15) is 23.0 Å². The third-order valence-electron chi connectivity index (χ3n) is 4.45. The molecule has 136 valence electrons. The largest absolute Gasteiger partial charge is 0.465 e. The lowest BCUT2D eigenvalue weighted by molar-refractivity contribution is 0.0948. The highest BCUT2D eigenvalue weighted by molar-refractivity contribution is 6.02. The summed E-state index contributed by atoms with van der Waals surface area (Å²) in [6, 6.07) is 13.5. The number of amides is 1. The molecule has 0 atom stereocenters. The molecule has 5 nitrogen and oxygen atoms in total. The number of aromatic amines is 1. The molecular formula is C21H18FN3O2. The summed E-state index contributed by atoms with van der Waals surface area (Å²) in [6.07, 6.45) is 0. The first-order valence-corrected chi connectivity index (χ1v) is 8.59. The summed E-state index contributed by atoms with van der Waals surface area (Å²) in [4.78, 5) is 12.6. The number of halogens is 1. The van der Waals surface area contributed by atoms with E-state index in [1.54, 1.807) is 24.3 Å². The predicted octanol–water partition coefficient (Wildman–Crippen LogP) is 4.51. The topological polar surface area (TPSA) is 70.9 Å². The molecule has 0 unspecified atom stereocenters. The summed E-state index contributed by atoms with van der Waals surface area (Å²) in [5.74, 6) is 0.959. The minimum absolute atomic E-state index is 0.208. The Hall–Kier alpha value is -3.41. The van der Waals surface area contributed by atoms with Crippen molar-refractivity contribution in [3.8, 4) is 11.3 Å². The van der Waals surface area contributed by atoms with Crippen molar-refractivity contribution in [2.24, 2.45) is 0 Å². The lowest BCUT2D eigenvalue weighted by atomic mass is 10.0. The molecule has 27 heavy (non-hydrogen) atoms. The van der Waals surface area contributed by atoms with E-state index in [2.05, 4.69) is 15.5 Å². The van der Waals surface area contributed by atoms with E-state index in [4.69, 9.17) is 4.42 Å². The Labute approximate surface area is 155 Å². The molecule has 6 heteroatoms. The second kappa shape index (κ2) is 6.72. The van der Waals surface area contributed by atoms with Crippen molar-refractivity contribution >= 4 is 16.8 Å². The van der Waals surface area contributed by atoms with Crippen molar-refractivity contribution in [2.75, 3.05) is 0 Å². The van der Waals surface area contributed by atoms with Crippen LogP contribution in [0.3, 0.4) is 0 Å². The fourth-order valence-corrected chi connectivity index (χ4v) is 3.13. The SMILES string of the molecule is Cc1ccc(CNC(=O)c2cc(C)c3[nH]nc(-c4cccc(F)c4)c3c2)o1. The number of benzene rings is 2. The Morgan fingerprint density at radius 2 is 2.04 bits per heavy atom. The van der Waals surface area contributed by atoms with Crippen LogP contribution in [-0.4, -0.2) is 16.1 Å². The quantitative estimate of drug-likeness (QED) is 0.560. The third-order valence-corrected chi connectivity index (χ3v) is 4.45. The Morgan fingerprint density at radius 1 is 1.19 bits per heavy atom. The van der Waals surface area contributed by atoms with Crippen LogP contribution in [0.4, 0.5) is 4.39 Å². The molecule has 0 radical (unpaired) electrons. The van der Waals surface area contributed by atoms with Gasteiger partial charge in [-0.2, -0.15) is 5.10 Å². The summed E-state index contributed by atoms with van der Waals surface area (Å²) in [7, 11) is 0. The molecule has 1 amide bonds. The molecule has 2 N–H and O–H groups in total. The first-order chi connectivity index (χ1) is 13.0. The Morgan fingerprint density at radius 3 is 2.78 bits per heavy atom. The van der Waals surface area contributed by atoms with Gasteiger partial charge in [0.05, 0.1) is 12.1 Å². The first kappa shape index (κ1) is 17.0. The van der Waals surface area contributed by atoms with Crippen molar-refractivity contribution in [3.63, 3.8) is 0 Å². The monoisotopic (exact) mass is 363 g/mol. The standard InChI is InChI=1S/C21H18FN3O2/c1-12-8-15(21(26)23-11-17-7-6-13(2)27-17)10-18-19(12)24-25-20(18)14-4-3-5-16(22)9-14/h3-10H,11H2,1-2H3,(H,23,26)(H,24,25). The molecule has 0 aliphatic carbocycles. The zero-order chi connectivity index (χ0) is 19.0. The van der Waals surface area contributed by atoms with E-state index in [1.165, 1.54) is 12.1 Å². The van der Waals surface area contributed by atoms with Gasteiger partial charge >= 0.3 is 0 Å². The van der Waals surface area contributed by atoms with E-state index in [1.807, 2.05) is 26.0 Å². The van der Waals surface area contributed by atoms with E-state index in [9.17, 15) is 9.18 Å². The number of nitrogens with zero attached hydrogens (tertiary/aromatic N) is 1. The summed E-state index contributed by atoms with van der Waals surface area (Å²) in [5.41, 5.74) is 3.50. The van der Waals surface area contributed by atoms with Crippen LogP contribution < -0.4 is 5.32 Å². The second-order valence-electron chi connectivity index (χ2n) is 6.49. The molecule has 2 aromatic heterocycles. The van der Waals surface area contributed by atoms with E-state index >= 15 is 0 Å². The van der Waals surface area contributed by atoms with Crippen molar-refractivity contribution in [3.05, 3.63) is 77.0 Å². The number of carbonyl (C=O) groups excluding carboxylic acids is 1. The van der Waals surface area contributed by atoms with Crippen LogP contribution >= 0.6 is 0 Å². The van der Waals surface area contributed by atoms with Gasteiger partial charge in [-0.15, -0.1) is 0 Å². The van der Waals surface area contributed by atoms with Crippen molar-refractivity contribution in [1.29, 1.82) is 0 Å². The van der Waals surface area contributed by atoms with E-state index in [-0.39, 0.29) is 11.7 Å². The van der Waals surface area contributed by atoms with Crippen LogP contribution in [0.1, 0.15) is 27.4 Å². The number of hydrogen-bond acceptors (Lipinski definition) is 3.